The Kier molecular flexibility index (Phi) is 7.16. The van der Waals surface area contributed by atoms with Crippen LogP contribution in [0.15, 0.2) is 29.2 Å². The van der Waals surface area contributed by atoms with Crippen molar-refractivity contribution in [2.75, 3.05) is 13.1 Å². The first-order valence-electron chi connectivity index (χ1n) is 9.00. The fourth-order valence-electron chi connectivity index (χ4n) is 2.96. The van der Waals surface area contributed by atoms with Gasteiger partial charge in [0.05, 0.1) is 4.90 Å². The van der Waals surface area contributed by atoms with E-state index in [2.05, 4.69) is 5.32 Å². The Morgan fingerprint density at radius 3 is 2.54 bits per heavy atom. The second-order valence-electron chi connectivity index (χ2n) is 6.50. The summed E-state index contributed by atoms with van der Waals surface area (Å²) in [4.78, 5) is 23.7. The number of amides is 1. The lowest BCUT2D eigenvalue weighted by molar-refractivity contribution is -0.139. The summed E-state index contributed by atoms with van der Waals surface area (Å²) in [5.74, 6) is -1.67. The van der Waals surface area contributed by atoms with Gasteiger partial charge in [0.2, 0.25) is 10.0 Å². The summed E-state index contributed by atoms with van der Waals surface area (Å²) in [5, 5.41) is 11.7. The summed E-state index contributed by atoms with van der Waals surface area (Å²) < 4.78 is 26.9. The molecule has 2 N–H and O–H groups in total. The first-order valence-corrected chi connectivity index (χ1v) is 10.4. The molecule has 1 aliphatic rings. The number of nitrogens with zero attached hydrogens (tertiary/aromatic N) is 1. The molecule has 7 nitrogen and oxygen atoms in total. The number of carbonyl (C=O) groups is 2. The van der Waals surface area contributed by atoms with E-state index in [-0.39, 0.29) is 10.5 Å². The first kappa shape index (κ1) is 20.4. The Morgan fingerprint density at radius 1 is 1.23 bits per heavy atom. The lowest BCUT2D eigenvalue weighted by atomic mass is 10.1. The summed E-state index contributed by atoms with van der Waals surface area (Å²) in [7, 11) is -3.64. The minimum Gasteiger partial charge on any atom is -0.480 e. The van der Waals surface area contributed by atoms with Crippen LogP contribution in [0, 0.1) is 0 Å². The molecule has 1 atom stereocenters. The quantitative estimate of drug-likeness (QED) is 0.717. The Hall–Kier alpha value is -1.93. The zero-order valence-corrected chi connectivity index (χ0v) is 15.8. The van der Waals surface area contributed by atoms with Crippen molar-refractivity contribution in [1.29, 1.82) is 0 Å². The molecule has 0 bridgehead atoms. The molecule has 0 unspecified atom stereocenters. The highest BCUT2D eigenvalue weighted by atomic mass is 32.2. The molecule has 0 aromatic heterocycles. The van der Waals surface area contributed by atoms with E-state index in [4.69, 9.17) is 0 Å². The predicted octanol–water partition coefficient (Wildman–Crippen LogP) is 2.23. The van der Waals surface area contributed by atoms with E-state index in [1.165, 1.54) is 28.6 Å². The van der Waals surface area contributed by atoms with Gasteiger partial charge in [-0.25, -0.2) is 13.2 Å². The van der Waals surface area contributed by atoms with Crippen LogP contribution in [0.5, 0.6) is 0 Å². The predicted molar refractivity (Wildman–Crippen MR) is 97.5 cm³/mol. The van der Waals surface area contributed by atoms with Crippen molar-refractivity contribution in [3.63, 3.8) is 0 Å². The number of hydrogen-bond donors (Lipinski definition) is 2. The van der Waals surface area contributed by atoms with Crippen LogP contribution in [-0.4, -0.2) is 48.8 Å². The maximum Gasteiger partial charge on any atom is 0.326 e. The van der Waals surface area contributed by atoms with Crippen LogP contribution >= 0.6 is 0 Å². The molecule has 26 heavy (non-hydrogen) atoms. The van der Waals surface area contributed by atoms with Gasteiger partial charge >= 0.3 is 5.97 Å². The molecule has 0 aliphatic carbocycles. The van der Waals surface area contributed by atoms with E-state index >= 15 is 0 Å². The van der Waals surface area contributed by atoms with Crippen molar-refractivity contribution in [2.45, 2.75) is 56.4 Å². The lowest BCUT2D eigenvalue weighted by Crippen LogP contribution is -2.40. The van der Waals surface area contributed by atoms with Crippen molar-refractivity contribution >= 4 is 21.9 Å². The second-order valence-corrected chi connectivity index (χ2v) is 8.44. The van der Waals surface area contributed by atoms with Gasteiger partial charge in [-0.3, -0.25) is 4.79 Å². The van der Waals surface area contributed by atoms with Crippen LogP contribution < -0.4 is 5.32 Å². The second kappa shape index (κ2) is 9.14. The molecule has 1 aromatic rings. The maximum atomic E-state index is 12.7. The van der Waals surface area contributed by atoms with Crippen molar-refractivity contribution in [2.24, 2.45) is 0 Å². The van der Waals surface area contributed by atoms with Crippen molar-refractivity contribution in [1.82, 2.24) is 9.62 Å². The van der Waals surface area contributed by atoms with Gasteiger partial charge in [-0.05, 0) is 37.5 Å². The number of nitrogens with one attached hydrogen (secondary N) is 1. The molecule has 1 aliphatic heterocycles. The number of hydrogen-bond acceptors (Lipinski definition) is 4. The number of unbranched alkanes of at least 4 members (excludes halogenated alkanes) is 1. The summed E-state index contributed by atoms with van der Waals surface area (Å²) in [6.07, 6.45) is 4.52. The molecule has 8 heteroatoms. The molecule has 0 radical (unpaired) electrons. The number of carboxylic acid groups (broad SMARTS) is 1. The zero-order chi connectivity index (χ0) is 19.2. The number of piperidine rings is 1. The largest absolute Gasteiger partial charge is 0.480 e. The van der Waals surface area contributed by atoms with E-state index < -0.39 is 27.9 Å². The summed E-state index contributed by atoms with van der Waals surface area (Å²) >= 11 is 0. The number of aliphatic carboxylic acids is 1. The van der Waals surface area contributed by atoms with Gasteiger partial charge in [0, 0.05) is 18.7 Å². The van der Waals surface area contributed by atoms with Crippen molar-refractivity contribution < 1.29 is 23.1 Å². The zero-order valence-electron chi connectivity index (χ0n) is 15.0. The third-order valence-electron chi connectivity index (χ3n) is 4.50. The third kappa shape index (κ3) is 5.04. The average Bonchev–Trinajstić information content (AvgIpc) is 2.65. The Bertz CT molecular complexity index is 742. The Morgan fingerprint density at radius 2 is 1.92 bits per heavy atom. The standard InChI is InChI=1S/C18H26N2O5S/c1-2-3-10-16(18(22)23)19-17(21)14-8-7-9-15(13-14)26(24,25)20-11-5-4-6-12-20/h7-9,13,16H,2-6,10-12H2,1H3,(H,19,21)(H,22,23)/t16-/m0/s1. The van der Waals surface area contributed by atoms with Crippen LogP contribution in [0.2, 0.25) is 0 Å². The topological polar surface area (TPSA) is 104 Å². The fourth-order valence-corrected chi connectivity index (χ4v) is 4.52. The van der Waals surface area contributed by atoms with Gasteiger partial charge in [0.1, 0.15) is 6.04 Å². The summed E-state index contributed by atoms with van der Waals surface area (Å²) in [5.41, 5.74) is 0.144. The van der Waals surface area contributed by atoms with E-state index in [0.717, 1.165) is 25.7 Å². The van der Waals surface area contributed by atoms with Crippen LogP contribution in [-0.2, 0) is 14.8 Å². The van der Waals surface area contributed by atoms with Crippen LogP contribution in [0.4, 0.5) is 0 Å². The van der Waals surface area contributed by atoms with E-state index in [0.29, 0.717) is 25.9 Å². The summed E-state index contributed by atoms with van der Waals surface area (Å²) in [6, 6.07) is 4.80. The molecule has 0 saturated carbocycles. The van der Waals surface area contributed by atoms with Gasteiger partial charge in [-0.15, -0.1) is 0 Å². The van der Waals surface area contributed by atoms with Gasteiger partial charge < -0.3 is 10.4 Å². The normalized spacial score (nSPS) is 16.8. The van der Waals surface area contributed by atoms with E-state index in [1.54, 1.807) is 0 Å². The molecule has 144 valence electrons. The van der Waals surface area contributed by atoms with Crippen molar-refractivity contribution in [3.8, 4) is 0 Å². The highest BCUT2D eigenvalue weighted by Crippen LogP contribution is 2.21. The maximum absolute atomic E-state index is 12.7. The highest BCUT2D eigenvalue weighted by molar-refractivity contribution is 7.89. The molecule has 2 rings (SSSR count). The Balaban J connectivity index is 2.17. The van der Waals surface area contributed by atoms with E-state index in [9.17, 15) is 23.1 Å². The van der Waals surface area contributed by atoms with Gasteiger partial charge in [0.15, 0.2) is 0 Å². The van der Waals surface area contributed by atoms with Crippen LogP contribution in [0.25, 0.3) is 0 Å². The number of carbonyl (C=O) groups excluding carboxylic acids is 1. The lowest BCUT2D eigenvalue weighted by Gasteiger charge is -2.26. The summed E-state index contributed by atoms with van der Waals surface area (Å²) in [6.45, 7) is 2.91. The average molecular weight is 382 g/mol. The number of rotatable bonds is 8. The molecule has 0 spiro atoms. The molecular weight excluding hydrogens is 356 g/mol. The van der Waals surface area contributed by atoms with Crippen LogP contribution in [0.1, 0.15) is 55.8 Å². The molecular formula is C18H26N2O5S. The molecule has 1 fully saturated rings. The van der Waals surface area contributed by atoms with Gasteiger partial charge in [-0.2, -0.15) is 4.31 Å². The van der Waals surface area contributed by atoms with Crippen LogP contribution in [0.3, 0.4) is 0 Å². The number of sulfonamides is 1. The van der Waals surface area contributed by atoms with Crippen molar-refractivity contribution in [3.05, 3.63) is 29.8 Å². The first-order chi connectivity index (χ1) is 12.4. The van der Waals surface area contributed by atoms with Gasteiger partial charge in [-0.1, -0.05) is 32.3 Å². The van der Waals surface area contributed by atoms with Gasteiger partial charge in [0.25, 0.3) is 5.91 Å². The molecule has 1 aromatic carbocycles. The monoisotopic (exact) mass is 382 g/mol. The third-order valence-corrected chi connectivity index (χ3v) is 6.39. The van der Waals surface area contributed by atoms with E-state index in [1.807, 2.05) is 6.92 Å². The fraction of sp³-hybridized carbons (Fsp3) is 0.556. The molecule has 1 amide bonds. The molecule has 1 saturated heterocycles. The number of benzene rings is 1. The number of carboxylic acids is 1. The minimum absolute atomic E-state index is 0.0625. The highest BCUT2D eigenvalue weighted by Gasteiger charge is 2.27. The Labute approximate surface area is 154 Å². The molecule has 1 heterocycles. The SMILES string of the molecule is CCCC[C@H](NC(=O)c1cccc(S(=O)(=O)N2CCCCC2)c1)C(=O)O. The minimum atomic E-state index is -3.64. The smallest absolute Gasteiger partial charge is 0.326 e.